The summed E-state index contributed by atoms with van der Waals surface area (Å²) in [6.45, 7) is 4.18. The maximum Gasteiger partial charge on any atom is 0.277 e. The van der Waals surface area contributed by atoms with Crippen molar-refractivity contribution < 1.29 is 13.2 Å². The number of ether oxygens (including phenoxy) is 1. The van der Waals surface area contributed by atoms with Gasteiger partial charge in [-0.15, -0.1) is 0 Å². The molecule has 2 N–H and O–H groups in total. The van der Waals surface area contributed by atoms with Gasteiger partial charge < -0.3 is 4.74 Å². The van der Waals surface area contributed by atoms with Gasteiger partial charge in [-0.25, -0.2) is 5.14 Å². The molecule has 0 bridgehead atoms. The van der Waals surface area contributed by atoms with Gasteiger partial charge >= 0.3 is 0 Å². The first-order valence-corrected chi connectivity index (χ1v) is 5.18. The van der Waals surface area contributed by atoms with Crippen molar-refractivity contribution in [3.63, 3.8) is 0 Å². The van der Waals surface area contributed by atoms with Gasteiger partial charge in [0, 0.05) is 19.7 Å². The van der Waals surface area contributed by atoms with Gasteiger partial charge in [-0.2, -0.15) is 12.7 Å². The molecule has 0 spiro atoms. The molecule has 12 heavy (non-hydrogen) atoms. The zero-order valence-electron chi connectivity index (χ0n) is 7.65. The largest absolute Gasteiger partial charge is 0.383 e. The normalized spacial score (nSPS) is 12.8. The Morgan fingerprint density at radius 2 is 2.00 bits per heavy atom. The number of hydrogen-bond acceptors (Lipinski definition) is 3. The summed E-state index contributed by atoms with van der Waals surface area (Å²) in [5.74, 6) is 0. The predicted octanol–water partition coefficient (Wildman–Crippen LogP) is -0.453. The van der Waals surface area contributed by atoms with Crippen LogP contribution in [0.2, 0.25) is 0 Å². The molecule has 0 aromatic rings. The van der Waals surface area contributed by atoms with E-state index in [-0.39, 0.29) is 6.04 Å². The number of nitrogens with two attached hydrogens (primary N) is 1. The Kier molecular flexibility index (Phi) is 4.69. The van der Waals surface area contributed by atoms with Gasteiger partial charge in [0.1, 0.15) is 0 Å². The van der Waals surface area contributed by atoms with Crippen LogP contribution in [0.3, 0.4) is 0 Å². The van der Waals surface area contributed by atoms with Gasteiger partial charge in [0.05, 0.1) is 6.61 Å². The summed E-state index contributed by atoms with van der Waals surface area (Å²) in [6.07, 6.45) is 0. The van der Waals surface area contributed by atoms with Crippen LogP contribution >= 0.6 is 0 Å². The van der Waals surface area contributed by atoms with Gasteiger partial charge in [0.25, 0.3) is 10.2 Å². The third-order valence-corrected chi connectivity index (χ3v) is 2.68. The van der Waals surface area contributed by atoms with Crippen molar-refractivity contribution in [1.29, 1.82) is 0 Å². The average Bonchev–Trinajstić information content (AvgIpc) is 1.84. The van der Waals surface area contributed by atoms with E-state index in [1.807, 2.05) is 0 Å². The van der Waals surface area contributed by atoms with Crippen molar-refractivity contribution >= 4 is 10.2 Å². The fraction of sp³-hybridized carbons (Fsp3) is 1.00. The summed E-state index contributed by atoms with van der Waals surface area (Å²) < 4.78 is 27.8. The monoisotopic (exact) mass is 196 g/mol. The Balaban J connectivity index is 4.26. The summed E-state index contributed by atoms with van der Waals surface area (Å²) in [5.41, 5.74) is 0. The average molecular weight is 196 g/mol. The second kappa shape index (κ2) is 4.76. The van der Waals surface area contributed by atoms with E-state index in [1.54, 1.807) is 13.8 Å². The molecule has 0 radical (unpaired) electrons. The molecule has 74 valence electrons. The number of hydrogen-bond donors (Lipinski definition) is 1. The zero-order chi connectivity index (χ0) is 9.78. The van der Waals surface area contributed by atoms with Gasteiger partial charge in [0.15, 0.2) is 0 Å². The summed E-state index contributed by atoms with van der Waals surface area (Å²) >= 11 is 0. The molecule has 0 aliphatic rings. The number of rotatable bonds is 5. The summed E-state index contributed by atoms with van der Waals surface area (Å²) in [7, 11) is -2.07. The van der Waals surface area contributed by atoms with Crippen LogP contribution in [0.4, 0.5) is 0 Å². The maximum absolute atomic E-state index is 10.9. The Labute approximate surface area is 73.7 Å². The predicted molar refractivity (Wildman–Crippen MR) is 46.8 cm³/mol. The molecule has 0 saturated heterocycles. The van der Waals surface area contributed by atoms with E-state index in [2.05, 4.69) is 0 Å². The molecule has 0 atom stereocenters. The number of methoxy groups -OCH3 is 1. The van der Waals surface area contributed by atoms with E-state index in [0.717, 1.165) is 0 Å². The molecule has 0 aromatic carbocycles. The minimum Gasteiger partial charge on any atom is -0.383 e. The standard InChI is InChI=1S/C6H16N2O3S/c1-6(2)8(4-5-11-3)12(7,9)10/h6H,4-5H2,1-3H3,(H2,7,9,10). The van der Waals surface area contributed by atoms with Crippen LogP contribution < -0.4 is 5.14 Å². The SMILES string of the molecule is COCCN(C(C)C)S(N)(=O)=O. The van der Waals surface area contributed by atoms with E-state index in [9.17, 15) is 8.42 Å². The van der Waals surface area contributed by atoms with Gasteiger partial charge in [0.2, 0.25) is 0 Å². The quantitative estimate of drug-likeness (QED) is 0.647. The van der Waals surface area contributed by atoms with Crippen LogP contribution in [0, 0.1) is 0 Å². The molecule has 6 heteroatoms. The van der Waals surface area contributed by atoms with Gasteiger partial charge in [-0.05, 0) is 13.8 Å². The van der Waals surface area contributed by atoms with E-state index < -0.39 is 10.2 Å². The van der Waals surface area contributed by atoms with Crippen molar-refractivity contribution in [3.8, 4) is 0 Å². The zero-order valence-corrected chi connectivity index (χ0v) is 8.47. The highest BCUT2D eigenvalue weighted by atomic mass is 32.2. The van der Waals surface area contributed by atoms with Crippen LogP contribution in [0.25, 0.3) is 0 Å². The Bertz CT molecular complexity index is 213. The van der Waals surface area contributed by atoms with Crippen molar-refractivity contribution in [2.75, 3.05) is 20.3 Å². The van der Waals surface area contributed by atoms with Crippen molar-refractivity contribution in [3.05, 3.63) is 0 Å². The second-order valence-electron chi connectivity index (χ2n) is 2.74. The van der Waals surface area contributed by atoms with Crippen LogP contribution in [-0.2, 0) is 14.9 Å². The van der Waals surface area contributed by atoms with Crippen molar-refractivity contribution in [2.24, 2.45) is 5.14 Å². The van der Waals surface area contributed by atoms with E-state index >= 15 is 0 Å². The fourth-order valence-electron chi connectivity index (χ4n) is 0.861. The first kappa shape index (κ1) is 11.8. The topological polar surface area (TPSA) is 72.6 Å². The minimum atomic E-state index is -3.58. The van der Waals surface area contributed by atoms with E-state index in [4.69, 9.17) is 9.88 Å². The lowest BCUT2D eigenvalue weighted by Gasteiger charge is -2.22. The molecule has 0 aliphatic carbocycles. The molecule has 0 unspecified atom stereocenters. The van der Waals surface area contributed by atoms with E-state index in [1.165, 1.54) is 11.4 Å². The van der Waals surface area contributed by atoms with E-state index in [0.29, 0.717) is 13.2 Å². The molecule has 0 heterocycles. The van der Waals surface area contributed by atoms with Crippen molar-refractivity contribution in [1.82, 2.24) is 4.31 Å². The van der Waals surface area contributed by atoms with Crippen LogP contribution in [0.5, 0.6) is 0 Å². The molecule has 0 aliphatic heterocycles. The maximum atomic E-state index is 10.9. The smallest absolute Gasteiger partial charge is 0.277 e. The lowest BCUT2D eigenvalue weighted by atomic mass is 10.4. The van der Waals surface area contributed by atoms with Crippen LogP contribution in [0.15, 0.2) is 0 Å². The first-order chi connectivity index (χ1) is 5.39. The third-order valence-electron chi connectivity index (χ3n) is 1.42. The van der Waals surface area contributed by atoms with Crippen LogP contribution in [0.1, 0.15) is 13.8 Å². The minimum absolute atomic E-state index is 0.129. The number of nitrogens with zero attached hydrogens (tertiary/aromatic N) is 1. The fourth-order valence-corrected chi connectivity index (χ4v) is 1.78. The molecule has 5 nitrogen and oxygen atoms in total. The Hall–Kier alpha value is -0.170. The molecule has 0 rings (SSSR count). The summed E-state index contributed by atoms with van der Waals surface area (Å²) in [4.78, 5) is 0. The highest BCUT2D eigenvalue weighted by Gasteiger charge is 2.19. The molecule has 0 saturated carbocycles. The third kappa shape index (κ3) is 4.01. The lowest BCUT2D eigenvalue weighted by molar-refractivity contribution is 0.171. The Morgan fingerprint density at radius 3 is 2.25 bits per heavy atom. The lowest BCUT2D eigenvalue weighted by Crippen LogP contribution is -2.43. The summed E-state index contributed by atoms with van der Waals surface area (Å²) in [5, 5.41) is 4.96. The highest BCUT2D eigenvalue weighted by molar-refractivity contribution is 7.86. The molecule has 0 aromatic heterocycles. The Morgan fingerprint density at radius 1 is 1.50 bits per heavy atom. The van der Waals surface area contributed by atoms with Gasteiger partial charge in [-0.1, -0.05) is 0 Å². The second-order valence-corrected chi connectivity index (χ2v) is 4.24. The molecular weight excluding hydrogens is 180 g/mol. The first-order valence-electron chi connectivity index (χ1n) is 3.68. The molecule has 0 amide bonds. The highest BCUT2D eigenvalue weighted by Crippen LogP contribution is 2.01. The summed E-state index contributed by atoms with van der Waals surface area (Å²) in [6, 6.07) is -0.129. The van der Waals surface area contributed by atoms with Crippen molar-refractivity contribution in [2.45, 2.75) is 19.9 Å². The van der Waals surface area contributed by atoms with Gasteiger partial charge in [-0.3, -0.25) is 0 Å². The van der Waals surface area contributed by atoms with Crippen LogP contribution in [-0.4, -0.2) is 39.0 Å². The molecule has 0 fully saturated rings. The molecular formula is C6H16N2O3S.